The molecule has 0 aromatic heterocycles. The lowest BCUT2D eigenvalue weighted by molar-refractivity contribution is -0.146. The summed E-state index contributed by atoms with van der Waals surface area (Å²) >= 11 is 6.76. The molecular weight excluding hydrogens is 900 g/mol. The molecule has 2 N–H and O–H groups in total. The molecular formula is C51H54Br2O8. The van der Waals surface area contributed by atoms with Crippen molar-refractivity contribution in [2.24, 2.45) is 22.7 Å². The standard InChI is InChI=1S/C51H54Br2O8/c1-30(2)21-25-50(26-22-31(3)4)46(58)38(44(56)42(48(50)60)40(54)19-13-34-9-15-36(52)16-10-34)29-39-45(57)43(41(55)20-14-35-11-17-37(53)18-12-35)49(61)51(47(39)59,27-23-32(5)6)28-24-33(7)8/h9-20,42-43,58-59H,1,3,5,7,21-29H2,2,4,6,8H3. The van der Waals surface area contributed by atoms with Crippen molar-refractivity contribution in [2.45, 2.75) is 85.5 Å². The fourth-order valence-electron chi connectivity index (χ4n) is 7.84. The third-order valence-electron chi connectivity index (χ3n) is 11.5. The molecule has 10 heteroatoms. The minimum Gasteiger partial charge on any atom is -0.511 e. The summed E-state index contributed by atoms with van der Waals surface area (Å²) in [7, 11) is 0. The van der Waals surface area contributed by atoms with Crippen molar-refractivity contribution in [1.29, 1.82) is 0 Å². The maximum atomic E-state index is 14.8. The normalized spacial score (nSPS) is 18.9. The molecule has 0 radical (unpaired) electrons. The quantitative estimate of drug-likeness (QED) is 0.0759. The number of aliphatic hydroxyl groups is 2. The minimum absolute atomic E-state index is 0.0160. The summed E-state index contributed by atoms with van der Waals surface area (Å²) in [5.41, 5.74) is -0.417. The third kappa shape index (κ3) is 11.3. The highest BCUT2D eigenvalue weighted by atomic mass is 79.9. The van der Waals surface area contributed by atoms with Crippen molar-refractivity contribution >= 4 is 78.7 Å². The molecule has 320 valence electrons. The van der Waals surface area contributed by atoms with Crippen LogP contribution in [-0.4, -0.2) is 44.9 Å². The van der Waals surface area contributed by atoms with E-state index in [0.717, 1.165) is 21.1 Å². The van der Waals surface area contributed by atoms with Crippen LogP contribution in [0, 0.1) is 22.7 Å². The number of Topliss-reactive ketones (excluding diaryl/α,β-unsaturated/α-hetero) is 4. The second-order valence-corrected chi connectivity index (χ2v) is 18.6. The Balaban J connectivity index is 1.99. The predicted octanol–water partition coefficient (Wildman–Crippen LogP) is 12.0. The molecule has 0 amide bonds. The number of ketones is 6. The first-order valence-corrected chi connectivity index (χ1v) is 21.8. The summed E-state index contributed by atoms with van der Waals surface area (Å²) in [6.07, 6.45) is 5.44. The molecule has 2 aliphatic rings. The Morgan fingerprint density at radius 3 is 1.10 bits per heavy atom. The number of hydrogen-bond acceptors (Lipinski definition) is 8. The van der Waals surface area contributed by atoms with Gasteiger partial charge in [0, 0.05) is 26.5 Å². The molecule has 0 aliphatic heterocycles. The van der Waals surface area contributed by atoms with Gasteiger partial charge in [0.2, 0.25) is 0 Å². The van der Waals surface area contributed by atoms with Gasteiger partial charge in [-0.2, -0.15) is 0 Å². The van der Waals surface area contributed by atoms with Crippen LogP contribution in [0.2, 0.25) is 0 Å². The number of carbonyl (C=O) groups excluding carboxylic acids is 6. The van der Waals surface area contributed by atoms with E-state index in [9.17, 15) is 39.0 Å². The van der Waals surface area contributed by atoms with Gasteiger partial charge in [0.05, 0.1) is 10.8 Å². The first-order chi connectivity index (χ1) is 28.6. The van der Waals surface area contributed by atoms with Crippen LogP contribution in [0.15, 0.2) is 141 Å². The number of allylic oxidation sites excluding steroid dienone is 10. The molecule has 2 aliphatic carbocycles. The fraction of sp³-hybridized carbons (Fsp3) is 0.333. The Morgan fingerprint density at radius 1 is 0.557 bits per heavy atom. The average Bonchev–Trinajstić information content (AvgIpc) is 3.19. The summed E-state index contributed by atoms with van der Waals surface area (Å²) in [6.45, 7) is 23.0. The molecule has 0 heterocycles. The Kier molecular flexibility index (Phi) is 16.5. The molecule has 8 nitrogen and oxygen atoms in total. The van der Waals surface area contributed by atoms with Crippen molar-refractivity contribution < 1.29 is 39.0 Å². The molecule has 0 fully saturated rings. The molecule has 0 spiro atoms. The molecule has 0 bridgehead atoms. The number of aliphatic hydroxyl groups excluding tert-OH is 2. The van der Waals surface area contributed by atoms with Crippen LogP contribution < -0.4 is 0 Å². The van der Waals surface area contributed by atoms with Crippen molar-refractivity contribution in [1.82, 2.24) is 0 Å². The Labute approximate surface area is 375 Å². The number of hydrogen-bond donors (Lipinski definition) is 2. The van der Waals surface area contributed by atoms with Crippen molar-refractivity contribution in [3.8, 4) is 0 Å². The van der Waals surface area contributed by atoms with Gasteiger partial charge in [0.25, 0.3) is 0 Å². The van der Waals surface area contributed by atoms with E-state index >= 15 is 0 Å². The van der Waals surface area contributed by atoms with Gasteiger partial charge in [-0.1, -0.05) is 90.6 Å². The zero-order valence-corrected chi connectivity index (χ0v) is 38.5. The highest BCUT2D eigenvalue weighted by Crippen LogP contribution is 2.51. The molecule has 2 aromatic carbocycles. The summed E-state index contributed by atoms with van der Waals surface area (Å²) < 4.78 is 1.62. The topological polar surface area (TPSA) is 143 Å². The highest BCUT2D eigenvalue weighted by molar-refractivity contribution is 9.10. The monoisotopic (exact) mass is 952 g/mol. The lowest BCUT2D eigenvalue weighted by Gasteiger charge is -2.41. The van der Waals surface area contributed by atoms with Crippen LogP contribution in [0.4, 0.5) is 0 Å². The second-order valence-electron chi connectivity index (χ2n) is 16.7. The largest absolute Gasteiger partial charge is 0.511 e. The Morgan fingerprint density at radius 2 is 0.836 bits per heavy atom. The van der Waals surface area contributed by atoms with Gasteiger partial charge in [-0.3, -0.25) is 28.8 Å². The summed E-state index contributed by atoms with van der Waals surface area (Å²) in [5.74, 6) is -10.4. The summed E-state index contributed by atoms with van der Waals surface area (Å²) in [5, 5.41) is 24.8. The molecule has 2 aromatic rings. The van der Waals surface area contributed by atoms with Gasteiger partial charge in [0.1, 0.15) is 23.4 Å². The van der Waals surface area contributed by atoms with Gasteiger partial charge in [0.15, 0.2) is 34.7 Å². The van der Waals surface area contributed by atoms with Crippen LogP contribution in [0.25, 0.3) is 12.2 Å². The van der Waals surface area contributed by atoms with Crippen LogP contribution in [-0.2, 0) is 28.8 Å². The van der Waals surface area contributed by atoms with E-state index in [0.29, 0.717) is 33.4 Å². The lowest BCUT2D eigenvalue weighted by Crippen LogP contribution is -2.51. The average molecular weight is 955 g/mol. The first-order valence-electron chi connectivity index (χ1n) is 20.2. The summed E-state index contributed by atoms with van der Waals surface area (Å²) in [4.78, 5) is 87.3. The van der Waals surface area contributed by atoms with E-state index in [2.05, 4.69) is 58.2 Å². The van der Waals surface area contributed by atoms with Gasteiger partial charge in [-0.05, 0) is 127 Å². The molecule has 0 saturated carbocycles. The van der Waals surface area contributed by atoms with E-state index in [1.165, 1.54) is 12.2 Å². The second kappa shape index (κ2) is 20.7. The molecule has 61 heavy (non-hydrogen) atoms. The van der Waals surface area contributed by atoms with Crippen LogP contribution >= 0.6 is 31.9 Å². The maximum Gasteiger partial charge on any atom is 0.180 e. The van der Waals surface area contributed by atoms with Crippen molar-refractivity contribution in [2.75, 3.05) is 0 Å². The molecule has 0 saturated heterocycles. The number of halogens is 2. The fourth-order valence-corrected chi connectivity index (χ4v) is 8.37. The SMILES string of the molecule is C=C(C)CCC1(CCC(=C)C)C(=O)C(C(=O)C=Cc2ccc(Br)cc2)C(=O)C(CC2=C(O)C(CCC(=C)C)(CCC(=C)C)C(=O)C(C(=O)C=Cc3ccc(Br)cc3)C2=O)=C1O. The number of benzene rings is 2. The minimum atomic E-state index is -1.90. The Bertz CT molecular complexity index is 2100. The number of rotatable bonds is 20. The van der Waals surface area contributed by atoms with Gasteiger partial charge >= 0.3 is 0 Å². The smallest absolute Gasteiger partial charge is 0.180 e. The molecule has 2 unspecified atom stereocenters. The Hall–Kier alpha value is -5.06. The summed E-state index contributed by atoms with van der Waals surface area (Å²) in [6, 6.07) is 14.0. The van der Waals surface area contributed by atoms with E-state index in [1.807, 2.05) is 0 Å². The number of carbonyl (C=O) groups is 6. The van der Waals surface area contributed by atoms with Crippen LogP contribution in [0.3, 0.4) is 0 Å². The van der Waals surface area contributed by atoms with Crippen LogP contribution in [0.1, 0.15) is 96.6 Å². The van der Waals surface area contributed by atoms with E-state index in [-0.39, 0.29) is 51.4 Å². The van der Waals surface area contributed by atoms with Gasteiger partial charge in [-0.25, -0.2) is 0 Å². The zero-order chi connectivity index (χ0) is 45.4. The van der Waals surface area contributed by atoms with E-state index in [4.69, 9.17) is 0 Å². The van der Waals surface area contributed by atoms with E-state index < -0.39 is 86.5 Å². The highest BCUT2D eigenvalue weighted by Gasteiger charge is 2.58. The van der Waals surface area contributed by atoms with Crippen LogP contribution in [0.5, 0.6) is 0 Å². The maximum absolute atomic E-state index is 14.8. The zero-order valence-electron chi connectivity index (χ0n) is 35.4. The lowest BCUT2D eigenvalue weighted by atomic mass is 9.59. The molecule has 4 rings (SSSR count). The predicted molar refractivity (Wildman–Crippen MR) is 248 cm³/mol. The van der Waals surface area contributed by atoms with Gasteiger partial charge in [-0.15, -0.1) is 26.3 Å². The van der Waals surface area contributed by atoms with Gasteiger partial charge < -0.3 is 10.2 Å². The molecule has 2 atom stereocenters. The third-order valence-corrected chi connectivity index (χ3v) is 12.6. The van der Waals surface area contributed by atoms with Crippen molar-refractivity contribution in [3.05, 3.63) is 152 Å². The van der Waals surface area contributed by atoms with E-state index in [1.54, 1.807) is 76.2 Å². The van der Waals surface area contributed by atoms with Crippen molar-refractivity contribution in [3.63, 3.8) is 0 Å². The first kappa shape index (κ1) is 48.6.